The molecule has 0 saturated carbocycles. The van der Waals surface area contributed by atoms with E-state index in [1.165, 1.54) is 17.4 Å². The lowest BCUT2D eigenvalue weighted by atomic mass is 10.2. The van der Waals surface area contributed by atoms with Crippen LogP contribution in [0, 0.1) is 17.6 Å². The molecule has 0 aliphatic rings. The van der Waals surface area contributed by atoms with Gasteiger partial charge in [0.05, 0.1) is 0 Å². The number of amides is 1. The molecule has 0 aliphatic carbocycles. The van der Waals surface area contributed by atoms with Gasteiger partial charge in [-0.3, -0.25) is 4.79 Å². The van der Waals surface area contributed by atoms with Gasteiger partial charge in [-0.15, -0.1) is 11.3 Å². The summed E-state index contributed by atoms with van der Waals surface area (Å²) in [7, 11) is 0. The third kappa shape index (κ3) is 5.57. The number of thiophene rings is 1. The van der Waals surface area contributed by atoms with Gasteiger partial charge in [-0.25, -0.2) is 4.79 Å². The van der Waals surface area contributed by atoms with E-state index in [1.807, 2.05) is 29.8 Å². The average Bonchev–Trinajstić information content (AvgIpc) is 3.07. The molecule has 1 aromatic heterocycles. The first-order valence-electron chi connectivity index (χ1n) is 6.93. The van der Waals surface area contributed by atoms with Crippen LogP contribution < -0.4 is 5.32 Å². The molecule has 24 heavy (non-hydrogen) atoms. The van der Waals surface area contributed by atoms with Crippen molar-refractivity contribution in [2.24, 2.45) is 0 Å². The van der Waals surface area contributed by atoms with Crippen molar-refractivity contribution in [2.45, 2.75) is 11.8 Å². The van der Waals surface area contributed by atoms with Crippen molar-refractivity contribution in [3.8, 4) is 5.40 Å². The lowest BCUT2D eigenvalue weighted by Gasteiger charge is -2.09. The first-order valence-corrected chi connectivity index (χ1v) is 8.63. The van der Waals surface area contributed by atoms with Crippen LogP contribution in [0.1, 0.15) is 10.4 Å². The number of aryl methyl sites for hydroxylation is 1. The van der Waals surface area contributed by atoms with Gasteiger partial charge in [0.15, 0.2) is 6.61 Å². The Bertz CT molecular complexity index is 793. The zero-order valence-electron chi connectivity index (χ0n) is 12.8. The molecule has 1 N–H and O–H groups in total. The van der Waals surface area contributed by atoms with E-state index in [1.54, 1.807) is 24.3 Å². The number of thioether (sulfide) groups is 1. The third-order valence-corrected chi connectivity index (χ3v) is 4.33. The first-order chi connectivity index (χ1) is 11.6. The van der Waals surface area contributed by atoms with Crippen LogP contribution in [0.2, 0.25) is 0 Å². The maximum absolute atomic E-state index is 11.8. The van der Waals surface area contributed by atoms with Crippen LogP contribution in [-0.4, -0.2) is 18.5 Å². The van der Waals surface area contributed by atoms with Crippen LogP contribution in [-0.2, 0) is 14.3 Å². The van der Waals surface area contributed by atoms with Crippen molar-refractivity contribution in [2.75, 3.05) is 11.9 Å². The summed E-state index contributed by atoms with van der Waals surface area (Å²) in [4.78, 5) is 25.1. The molecule has 122 valence electrons. The van der Waals surface area contributed by atoms with Gasteiger partial charge in [0.2, 0.25) is 0 Å². The number of nitriles is 1. The van der Waals surface area contributed by atoms with Crippen molar-refractivity contribution in [1.82, 2.24) is 0 Å². The molecular formula is C17H14N2O3S2. The normalized spacial score (nSPS) is 10.3. The van der Waals surface area contributed by atoms with E-state index in [4.69, 9.17) is 10.00 Å². The second-order valence-electron chi connectivity index (χ2n) is 4.67. The summed E-state index contributed by atoms with van der Waals surface area (Å²) in [6.07, 6.45) is 2.93. The Hall–Kier alpha value is -2.56. The number of rotatable bonds is 6. The minimum absolute atomic E-state index is 0.359. The van der Waals surface area contributed by atoms with Crippen LogP contribution in [0.5, 0.6) is 0 Å². The van der Waals surface area contributed by atoms with Crippen LogP contribution in [0.3, 0.4) is 0 Å². The second kappa shape index (κ2) is 8.91. The molecule has 0 bridgehead atoms. The van der Waals surface area contributed by atoms with Crippen LogP contribution in [0.15, 0.2) is 46.7 Å². The minimum Gasteiger partial charge on any atom is -0.452 e. The summed E-state index contributed by atoms with van der Waals surface area (Å²) < 4.78 is 4.90. The highest BCUT2D eigenvalue weighted by molar-refractivity contribution is 8.03. The molecule has 0 fully saturated rings. The summed E-state index contributed by atoms with van der Waals surface area (Å²) in [5, 5.41) is 15.2. The fourth-order valence-electron chi connectivity index (χ4n) is 1.80. The predicted octanol–water partition coefficient (Wildman–Crippen LogP) is 3.82. The zero-order valence-corrected chi connectivity index (χ0v) is 14.4. The Morgan fingerprint density at radius 2 is 2.25 bits per heavy atom. The molecule has 0 atom stereocenters. The van der Waals surface area contributed by atoms with Crippen LogP contribution in [0.4, 0.5) is 5.69 Å². The Morgan fingerprint density at radius 3 is 2.92 bits per heavy atom. The van der Waals surface area contributed by atoms with Gasteiger partial charge < -0.3 is 10.1 Å². The van der Waals surface area contributed by atoms with Gasteiger partial charge in [-0.2, -0.15) is 5.26 Å². The van der Waals surface area contributed by atoms with E-state index >= 15 is 0 Å². The lowest BCUT2D eigenvalue weighted by molar-refractivity contribution is -0.142. The van der Waals surface area contributed by atoms with E-state index in [2.05, 4.69) is 5.32 Å². The van der Waals surface area contributed by atoms with E-state index in [0.29, 0.717) is 5.69 Å². The van der Waals surface area contributed by atoms with Crippen molar-refractivity contribution in [3.05, 3.63) is 52.2 Å². The SMILES string of the molecule is Cc1cc(SC#N)ccc1NC(=O)COC(=O)/C=C/c1cccs1. The highest BCUT2D eigenvalue weighted by Gasteiger charge is 2.08. The Balaban J connectivity index is 1.83. The summed E-state index contributed by atoms with van der Waals surface area (Å²) in [5.74, 6) is -0.993. The Labute approximate surface area is 147 Å². The number of thiocyanates is 1. The molecule has 1 amide bonds. The van der Waals surface area contributed by atoms with Crippen LogP contribution >= 0.6 is 23.1 Å². The molecule has 5 nitrogen and oxygen atoms in total. The Morgan fingerprint density at radius 1 is 1.42 bits per heavy atom. The largest absolute Gasteiger partial charge is 0.452 e. The average molecular weight is 358 g/mol. The van der Waals surface area contributed by atoms with E-state index in [-0.39, 0.29) is 6.61 Å². The number of esters is 1. The fraction of sp³-hybridized carbons (Fsp3) is 0.118. The number of hydrogen-bond acceptors (Lipinski definition) is 6. The standard InChI is InChI=1S/C17H14N2O3S2/c1-12-9-14(24-11-18)4-6-15(12)19-16(20)10-22-17(21)7-5-13-3-2-8-23-13/h2-9H,10H2,1H3,(H,19,20)/b7-5+. The summed E-state index contributed by atoms with van der Waals surface area (Å²) in [6, 6.07) is 9.01. The number of ether oxygens (including phenoxy) is 1. The molecule has 1 aromatic carbocycles. The molecule has 2 rings (SSSR count). The number of anilines is 1. The number of nitrogens with zero attached hydrogens (tertiary/aromatic N) is 1. The van der Waals surface area contributed by atoms with Gasteiger partial charge in [-0.1, -0.05) is 6.07 Å². The molecule has 7 heteroatoms. The predicted molar refractivity (Wildman–Crippen MR) is 95.6 cm³/mol. The fourth-order valence-corrected chi connectivity index (χ4v) is 2.90. The second-order valence-corrected chi connectivity index (χ2v) is 6.51. The number of carbonyl (C=O) groups excluding carboxylic acids is 2. The van der Waals surface area contributed by atoms with Crippen molar-refractivity contribution in [1.29, 1.82) is 5.26 Å². The maximum Gasteiger partial charge on any atom is 0.331 e. The summed E-state index contributed by atoms with van der Waals surface area (Å²) in [6.45, 7) is 1.47. The topological polar surface area (TPSA) is 79.2 Å². The van der Waals surface area contributed by atoms with Crippen molar-refractivity contribution < 1.29 is 14.3 Å². The molecular weight excluding hydrogens is 344 g/mol. The van der Waals surface area contributed by atoms with Gasteiger partial charge in [0.1, 0.15) is 5.40 Å². The van der Waals surface area contributed by atoms with E-state index in [9.17, 15) is 9.59 Å². The number of carbonyl (C=O) groups is 2. The highest BCUT2D eigenvalue weighted by Crippen LogP contribution is 2.23. The third-order valence-electron chi connectivity index (χ3n) is 2.91. The van der Waals surface area contributed by atoms with E-state index < -0.39 is 11.9 Å². The van der Waals surface area contributed by atoms with Gasteiger partial charge in [-0.05, 0) is 60.0 Å². The van der Waals surface area contributed by atoms with Gasteiger partial charge in [0, 0.05) is 21.5 Å². The lowest BCUT2D eigenvalue weighted by Crippen LogP contribution is -2.20. The number of benzene rings is 1. The maximum atomic E-state index is 11.8. The smallest absolute Gasteiger partial charge is 0.331 e. The number of hydrogen-bond donors (Lipinski definition) is 1. The van der Waals surface area contributed by atoms with E-state index in [0.717, 1.165) is 27.1 Å². The Kier molecular flexibility index (Phi) is 6.61. The van der Waals surface area contributed by atoms with Crippen molar-refractivity contribution >= 4 is 46.7 Å². The van der Waals surface area contributed by atoms with Gasteiger partial charge in [0.25, 0.3) is 5.91 Å². The molecule has 1 heterocycles. The van der Waals surface area contributed by atoms with Crippen molar-refractivity contribution in [3.63, 3.8) is 0 Å². The quantitative estimate of drug-likeness (QED) is 0.367. The molecule has 0 saturated heterocycles. The molecule has 0 aliphatic heterocycles. The zero-order chi connectivity index (χ0) is 17.4. The van der Waals surface area contributed by atoms with Gasteiger partial charge >= 0.3 is 5.97 Å². The number of nitrogens with one attached hydrogen (secondary N) is 1. The monoisotopic (exact) mass is 358 g/mol. The highest BCUT2D eigenvalue weighted by atomic mass is 32.2. The van der Waals surface area contributed by atoms with Crippen LogP contribution in [0.25, 0.3) is 6.08 Å². The molecule has 0 radical (unpaired) electrons. The molecule has 2 aromatic rings. The first kappa shape index (κ1) is 17.8. The molecule has 0 unspecified atom stereocenters. The minimum atomic E-state index is -0.573. The summed E-state index contributed by atoms with van der Waals surface area (Å²) >= 11 is 2.55. The summed E-state index contributed by atoms with van der Waals surface area (Å²) in [5.41, 5.74) is 1.44. The molecule has 0 spiro atoms.